The van der Waals surface area contributed by atoms with Crippen molar-refractivity contribution in [3.63, 3.8) is 0 Å². The molecule has 3 rings (SSSR count). The lowest BCUT2D eigenvalue weighted by Crippen LogP contribution is -1.95. The molecule has 72 valence electrons. The molecule has 0 aliphatic heterocycles. The van der Waals surface area contributed by atoms with Gasteiger partial charge in [-0.2, -0.15) is 0 Å². The Morgan fingerprint density at radius 1 is 1.50 bits per heavy atom. The van der Waals surface area contributed by atoms with Crippen LogP contribution in [0.3, 0.4) is 0 Å². The van der Waals surface area contributed by atoms with E-state index < -0.39 is 0 Å². The van der Waals surface area contributed by atoms with Crippen molar-refractivity contribution in [1.82, 2.24) is 9.38 Å². The van der Waals surface area contributed by atoms with Crippen molar-refractivity contribution >= 4 is 11.5 Å². The van der Waals surface area contributed by atoms with Gasteiger partial charge in [-0.05, 0) is 37.5 Å². The predicted molar refractivity (Wildman–Crippen MR) is 56.3 cm³/mol. The van der Waals surface area contributed by atoms with Gasteiger partial charge in [-0.15, -0.1) is 0 Å². The van der Waals surface area contributed by atoms with Crippen LogP contribution in [-0.4, -0.2) is 9.38 Å². The van der Waals surface area contributed by atoms with Gasteiger partial charge in [0, 0.05) is 12.1 Å². The summed E-state index contributed by atoms with van der Waals surface area (Å²) in [7, 11) is 0. The molecule has 3 nitrogen and oxygen atoms in total. The zero-order valence-corrected chi connectivity index (χ0v) is 8.20. The highest BCUT2D eigenvalue weighted by molar-refractivity contribution is 5.55. The minimum absolute atomic E-state index is 0.621. The van der Waals surface area contributed by atoms with Crippen molar-refractivity contribution < 1.29 is 0 Å². The van der Waals surface area contributed by atoms with Crippen LogP contribution in [0.2, 0.25) is 0 Å². The lowest BCUT2D eigenvalue weighted by Gasteiger charge is -1.97. The van der Waals surface area contributed by atoms with Crippen LogP contribution in [0.4, 0.5) is 5.82 Å². The topological polar surface area (TPSA) is 43.3 Å². The first-order valence-electron chi connectivity index (χ1n) is 5.00. The molecular formula is C11H13N3. The minimum Gasteiger partial charge on any atom is -0.383 e. The quantitative estimate of drug-likeness (QED) is 0.743. The van der Waals surface area contributed by atoms with Crippen LogP contribution in [0.1, 0.15) is 30.0 Å². The van der Waals surface area contributed by atoms with Gasteiger partial charge in [0.1, 0.15) is 11.5 Å². The molecule has 0 spiro atoms. The molecule has 3 heteroatoms. The van der Waals surface area contributed by atoms with Crippen molar-refractivity contribution in [2.75, 3.05) is 5.73 Å². The van der Waals surface area contributed by atoms with Crippen LogP contribution < -0.4 is 5.73 Å². The maximum absolute atomic E-state index is 6.03. The third-order valence-corrected chi connectivity index (χ3v) is 2.81. The van der Waals surface area contributed by atoms with Crippen LogP contribution in [0.25, 0.3) is 5.65 Å². The molecule has 0 unspecified atom stereocenters. The van der Waals surface area contributed by atoms with Crippen molar-refractivity contribution in [2.24, 2.45) is 0 Å². The maximum atomic E-state index is 6.03. The van der Waals surface area contributed by atoms with E-state index in [0.29, 0.717) is 5.92 Å². The first-order chi connectivity index (χ1) is 6.75. The highest BCUT2D eigenvalue weighted by Gasteiger charge is 2.29. The second-order valence-electron chi connectivity index (χ2n) is 4.09. The normalized spacial score (nSPS) is 16.4. The molecule has 2 aromatic rings. The molecule has 0 amide bonds. The van der Waals surface area contributed by atoms with Gasteiger partial charge in [-0.3, -0.25) is 4.40 Å². The number of nitrogens with zero attached hydrogens (tertiary/aromatic N) is 2. The van der Waals surface area contributed by atoms with Gasteiger partial charge >= 0.3 is 0 Å². The molecule has 0 atom stereocenters. The monoisotopic (exact) mass is 187 g/mol. The molecule has 2 N–H and O–H groups in total. The molecule has 0 radical (unpaired) electrons. The predicted octanol–water partition coefficient (Wildman–Crippen LogP) is 2.10. The van der Waals surface area contributed by atoms with Crippen molar-refractivity contribution in [3.05, 3.63) is 29.6 Å². The van der Waals surface area contributed by atoms with Gasteiger partial charge in [-0.25, -0.2) is 4.98 Å². The second kappa shape index (κ2) is 2.50. The van der Waals surface area contributed by atoms with E-state index in [2.05, 4.69) is 24.0 Å². The third kappa shape index (κ3) is 1.02. The molecule has 1 aliphatic rings. The van der Waals surface area contributed by atoms with E-state index in [1.54, 1.807) is 0 Å². The summed E-state index contributed by atoms with van der Waals surface area (Å²) in [6.07, 6.45) is 4.49. The lowest BCUT2D eigenvalue weighted by molar-refractivity contribution is 1.06. The standard InChI is InChI=1S/C11H13N3/c1-7-4-5-14-9(6-7)13-10(11(14)12)8-2-3-8/h4-6,8H,2-3,12H2,1H3. The number of imidazole rings is 1. The summed E-state index contributed by atoms with van der Waals surface area (Å²) < 4.78 is 1.97. The highest BCUT2D eigenvalue weighted by atomic mass is 15.1. The van der Waals surface area contributed by atoms with Crippen LogP contribution in [0.5, 0.6) is 0 Å². The fourth-order valence-corrected chi connectivity index (χ4v) is 1.84. The zero-order valence-electron chi connectivity index (χ0n) is 8.20. The summed E-state index contributed by atoms with van der Waals surface area (Å²) in [6.45, 7) is 2.07. The number of hydrogen-bond acceptors (Lipinski definition) is 2. The van der Waals surface area contributed by atoms with E-state index in [1.807, 2.05) is 10.6 Å². The largest absolute Gasteiger partial charge is 0.383 e. The number of nitrogen functional groups attached to an aromatic ring is 1. The Hall–Kier alpha value is -1.51. The Bertz CT molecular complexity index is 494. The smallest absolute Gasteiger partial charge is 0.138 e. The minimum atomic E-state index is 0.621. The first kappa shape index (κ1) is 7.85. The summed E-state index contributed by atoms with van der Waals surface area (Å²) in [5, 5.41) is 0. The maximum Gasteiger partial charge on any atom is 0.138 e. The van der Waals surface area contributed by atoms with Crippen LogP contribution in [-0.2, 0) is 0 Å². The number of fused-ring (bicyclic) bond motifs is 1. The van der Waals surface area contributed by atoms with Gasteiger partial charge in [-0.1, -0.05) is 0 Å². The first-order valence-corrected chi connectivity index (χ1v) is 5.00. The Morgan fingerprint density at radius 3 is 3.00 bits per heavy atom. The van der Waals surface area contributed by atoms with Gasteiger partial charge in [0.15, 0.2) is 0 Å². The molecular weight excluding hydrogens is 174 g/mol. The Morgan fingerprint density at radius 2 is 2.29 bits per heavy atom. The molecule has 14 heavy (non-hydrogen) atoms. The van der Waals surface area contributed by atoms with Crippen molar-refractivity contribution in [3.8, 4) is 0 Å². The molecule has 0 saturated heterocycles. The summed E-state index contributed by atoms with van der Waals surface area (Å²) in [5.74, 6) is 1.44. The molecule has 1 fully saturated rings. The third-order valence-electron chi connectivity index (χ3n) is 2.81. The Kier molecular flexibility index (Phi) is 1.40. The average molecular weight is 187 g/mol. The SMILES string of the molecule is Cc1ccn2c(N)c(C3CC3)nc2c1. The van der Waals surface area contributed by atoms with E-state index in [1.165, 1.54) is 18.4 Å². The number of rotatable bonds is 1. The van der Waals surface area contributed by atoms with Crippen LogP contribution >= 0.6 is 0 Å². The zero-order chi connectivity index (χ0) is 9.71. The van der Waals surface area contributed by atoms with E-state index >= 15 is 0 Å². The lowest BCUT2D eigenvalue weighted by atomic mass is 10.3. The van der Waals surface area contributed by atoms with Gasteiger partial charge in [0.25, 0.3) is 0 Å². The van der Waals surface area contributed by atoms with E-state index in [9.17, 15) is 0 Å². The fourth-order valence-electron chi connectivity index (χ4n) is 1.84. The number of aromatic nitrogens is 2. The van der Waals surface area contributed by atoms with E-state index in [-0.39, 0.29) is 0 Å². The molecule has 2 heterocycles. The molecule has 2 aromatic heterocycles. The van der Waals surface area contributed by atoms with E-state index in [0.717, 1.165) is 17.2 Å². The Labute approximate surface area is 82.6 Å². The van der Waals surface area contributed by atoms with Crippen molar-refractivity contribution in [2.45, 2.75) is 25.7 Å². The van der Waals surface area contributed by atoms with E-state index in [4.69, 9.17) is 5.73 Å². The van der Waals surface area contributed by atoms with Gasteiger partial charge < -0.3 is 5.73 Å². The average Bonchev–Trinajstić information content (AvgIpc) is 2.93. The second-order valence-corrected chi connectivity index (χ2v) is 4.09. The fraction of sp³-hybridized carbons (Fsp3) is 0.364. The summed E-state index contributed by atoms with van der Waals surface area (Å²) in [6, 6.07) is 4.13. The summed E-state index contributed by atoms with van der Waals surface area (Å²) in [5.41, 5.74) is 9.33. The summed E-state index contributed by atoms with van der Waals surface area (Å²) in [4.78, 5) is 4.57. The van der Waals surface area contributed by atoms with Gasteiger partial charge in [0.2, 0.25) is 0 Å². The number of aryl methyl sites for hydroxylation is 1. The summed E-state index contributed by atoms with van der Waals surface area (Å²) >= 11 is 0. The number of hydrogen-bond donors (Lipinski definition) is 1. The van der Waals surface area contributed by atoms with Gasteiger partial charge in [0.05, 0.1) is 5.69 Å². The Balaban J connectivity index is 2.28. The van der Waals surface area contributed by atoms with Crippen LogP contribution in [0.15, 0.2) is 18.3 Å². The number of pyridine rings is 1. The number of anilines is 1. The van der Waals surface area contributed by atoms with Crippen LogP contribution in [0, 0.1) is 6.92 Å². The molecule has 0 bridgehead atoms. The molecule has 1 aliphatic carbocycles. The molecule has 1 saturated carbocycles. The molecule has 0 aromatic carbocycles. The highest BCUT2D eigenvalue weighted by Crippen LogP contribution is 2.42. The van der Waals surface area contributed by atoms with Crippen molar-refractivity contribution in [1.29, 1.82) is 0 Å². The number of nitrogens with two attached hydrogens (primary N) is 1.